The van der Waals surface area contributed by atoms with E-state index < -0.39 is 0 Å². The van der Waals surface area contributed by atoms with Gasteiger partial charge in [0.15, 0.2) is 0 Å². The molecule has 0 aliphatic carbocycles. The summed E-state index contributed by atoms with van der Waals surface area (Å²) in [6.07, 6.45) is 0.418. The number of carbonyl (C=O) groups is 1. The highest BCUT2D eigenvalue weighted by Crippen LogP contribution is 2.24. The molecule has 0 saturated carbocycles. The smallest absolute Gasteiger partial charge is 0.224 e. The van der Waals surface area contributed by atoms with E-state index in [1.165, 1.54) is 10.9 Å². The fourth-order valence-corrected chi connectivity index (χ4v) is 3.60. The molecule has 1 N–H and O–H groups in total. The second-order valence-electron chi connectivity index (χ2n) is 6.49. The van der Waals surface area contributed by atoms with Crippen LogP contribution in [0.25, 0.3) is 10.8 Å². The van der Waals surface area contributed by atoms with Gasteiger partial charge in [-0.1, -0.05) is 56.3 Å². The third-order valence-corrected chi connectivity index (χ3v) is 4.94. The number of carbonyl (C=O) groups excluding carboxylic acids is 1. The fraction of sp³-hybridized carbons (Fsp3) is 0.250. The van der Waals surface area contributed by atoms with E-state index in [2.05, 4.69) is 54.2 Å². The molecule has 3 heteroatoms. The number of fused-ring (bicyclic) bond motifs is 1. The molecule has 118 valence electrons. The van der Waals surface area contributed by atoms with Crippen molar-refractivity contribution in [1.82, 2.24) is 5.32 Å². The van der Waals surface area contributed by atoms with Gasteiger partial charge in [-0.2, -0.15) is 11.3 Å². The average molecular weight is 323 g/mol. The first-order valence-electron chi connectivity index (χ1n) is 7.82. The van der Waals surface area contributed by atoms with Crippen molar-refractivity contribution >= 4 is 28.0 Å². The zero-order chi connectivity index (χ0) is 16.3. The standard InChI is InChI=1S/C20H21NOS/c1-20(2,17-10-11-23-13-17)14-21-19(22)12-16-8-5-7-15-6-3-4-9-18(15)16/h3-11,13H,12,14H2,1-2H3,(H,21,22). The van der Waals surface area contributed by atoms with Gasteiger partial charge >= 0.3 is 0 Å². The third kappa shape index (κ3) is 3.62. The zero-order valence-corrected chi connectivity index (χ0v) is 14.3. The summed E-state index contributed by atoms with van der Waals surface area (Å²) in [5.41, 5.74) is 2.30. The Morgan fingerprint density at radius 2 is 1.87 bits per heavy atom. The Kier molecular flexibility index (Phi) is 4.49. The monoisotopic (exact) mass is 323 g/mol. The van der Waals surface area contributed by atoms with Gasteiger partial charge in [-0.25, -0.2) is 0 Å². The molecular formula is C20H21NOS. The van der Waals surface area contributed by atoms with Crippen molar-refractivity contribution in [1.29, 1.82) is 0 Å². The van der Waals surface area contributed by atoms with Crippen molar-refractivity contribution in [3.8, 4) is 0 Å². The van der Waals surface area contributed by atoms with Gasteiger partial charge in [0.05, 0.1) is 6.42 Å². The molecule has 0 atom stereocenters. The van der Waals surface area contributed by atoms with E-state index in [-0.39, 0.29) is 11.3 Å². The highest BCUT2D eigenvalue weighted by atomic mass is 32.1. The van der Waals surface area contributed by atoms with Crippen LogP contribution in [0, 0.1) is 0 Å². The van der Waals surface area contributed by atoms with Crippen molar-refractivity contribution in [2.45, 2.75) is 25.7 Å². The molecule has 1 heterocycles. The zero-order valence-electron chi connectivity index (χ0n) is 13.5. The lowest BCUT2D eigenvalue weighted by Crippen LogP contribution is -2.37. The average Bonchev–Trinajstić information content (AvgIpc) is 3.09. The number of rotatable bonds is 5. The lowest BCUT2D eigenvalue weighted by Gasteiger charge is -2.24. The van der Waals surface area contributed by atoms with Crippen LogP contribution >= 0.6 is 11.3 Å². The minimum Gasteiger partial charge on any atom is -0.355 e. The van der Waals surface area contributed by atoms with Crippen molar-refractivity contribution in [3.63, 3.8) is 0 Å². The number of hydrogen-bond donors (Lipinski definition) is 1. The summed E-state index contributed by atoms with van der Waals surface area (Å²) < 4.78 is 0. The first-order chi connectivity index (χ1) is 11.1. The van der Waals surface area contributed by atoms with E-state index in [0.717, 1.165) is 10.9 Å². The Balaban J connectivity index is 1.67. The van der Waals surface area contributed by atoms with Gasteiger partial charge in [0.2, 0.25) is 5.91 Å². The van der Waals surface area contributed by atoms with Crippen LogP contribution in [0.15, 0.2) is 59.3 Å². The Labute approximate surface area is 141 Å². The third-order valence-electron chi connectivity index (χ3n) is 4.26. The van der Waals surface area contributed by atoms with Gasteiger partial charge < -0.3 is 5.32 Å². The molecule has 2 nitrogen and oxygen atoms in total. The van der Waals surface area contributed by atoms with Crippen molar-refractivity contribution < 1.29 is 4.79 Å². The van der Waals surface area contributed by atoms with Gasteiger partial charge in [-0.15, -0.1) is 0 Å². The quantitative estimate of drug-likeness (QED) is 0.734. The summed E-state index contributed by atoms with van der Waals surface area (Å²) in [5.74, 6) is 0.0738. The molecule has 0 spiro atoms. The van der Waals surface area contributed by atoms with Crippen molar-refractivity contribution in [2.24, 2.45) is 0 Å². The molecule has 0 unspecified atom stereocenters. The maximum atomic E-state index is 12.4. The van der Waals surface area contributed by atoms with E-state index >= 15 is 0 Å². The second-order valence-corrected chi connectivity index (χ2v) is 7.27. The molecule has 0 aliphatic heterocycles. The van der Waals surface area contributed by atoms with Crippen LogP contribution in [0.5, 0.6) is 0 Å². The highest BCUT2D eigenvalue weighted by molar-refractivity contribution is 7.08. The molecule has 0 aliphatic rings. The van der Waals surface area contributed by atoms with Crippen LogP contribution in [0.4, 0.5) is 0 Å². The molecule has 3 rings (SSSR count). The van der Waals surface area contributed by atoms with Crippen LogP contribution in [0.3, 0.4) is 0 Å². The minimum atomic E-state index is -0.0472. The maximum Gasteiger partial charge on any atom is 0.224 e. The molecule has 23 heavy (non-hydrogen) atoms. The Morgan fingerprint density at radius 1 is 1.09 bits per heavy atom. The minimum absolute atomic E-state index is 0.0472. The van der Waals surface area contributed by atoms with E-state index in [1.54, 1.807) is 11.3 Å². The molecule has 2 aromatic carbocycles. The van der Waals surface area contributed by atoms with Gasteiger partial charge in [0.25, 0.3) is 0 Å². The van der Waals surface area contributed by atoms with Crippen LogP contribution in [0.2, 0.25) is 0 Å². The predicted molar refractivity (Wildman–Crippen MR) is 98.0 cm³/mol. The van der Waals surface area contributed by atoms with E-state index in [0.29, 0.717) is 13.0 Å². The number of hydrogen-bond acceptors (Lipinski definition) is 2. The van der Waals surface area contributed by atoms with E-state index in [9.17, 15) is 4.79 Å². The molecule has 0 fully saturated rings. The summed E-state index contributed by atoms with van der Waals surface area (Å²) in [7, 11) is 0. The highest BCUT2D eigenvalue weighted by Gasteiger charge is 2.21. The van der Waals surface area contributed by atoms with Gasteiger partial charge in [0.1, 0.15) is 0 Å². The topological polar surface area (TPSA) is 29.1 Å². The van der Waals surface area contributed by atoms with E-state index in [4.69, 9.17) is 0 Å². The SMILES string of the molecule is CC(C)(CNC(=O)Cc1cccc2ccccc12)c1ccsc1. The molecule has 0 radical (unpaired) electrons. The summed E-state index contributed by atoms with van der Waals surface area (Å²) in [5, 5.41) is 9.65. The molecule has 1 amide bonds. The second kappa shape index (κ2) is 6.55. The van der Waals surface area contributed by atoms with Gasteiger partial charge in [-0.3, -0.25) is 4.79 Å². The van der Waals surface area contributed by atoms with Crippen LogP contribution in [0.1, 0.15) is 25.0 Å². The number of nitrogens with one attached hydrogen (secondary N) is 1. The lowest BCUT2D eigenvalue weighted by molar-refractivity contribution is -0.120. The number of amides is 1. The molecule has 0 saturated heterocycles. The Morgan fingerprint density at radius 3 is 2.65 bits per heavy atom. The first kappa shape index (κ1) is 15.8. The lowest BCUT2D eigenvalue weighted by atomic mass is 9.86. The van der Waals surface area contributed by atoms with Crippen LogP contribution < -0.4 is 5.32 Å². The molecular weight excluding hydrogens is 302 g/mol. The maximum absolute atomic E-state index is 12.4. The van der Waals surface area contributed by atoms with Gasteiger partial charge in [0, 0.05) is 12.0 Å². The summed E-state index contributed by atoms with van der Waals surface area (Å²) >= 11 is 1.69. The normalized spacial score (nSPS) is 11.6. The predicted octanol–water partition coefficient (Wildman–Crippen LogP) is 4.54. The van der Waals surface area contributed by atoms with Crippen LogP contribution in [-0.4, -0.2) is 12.5 Å². The summed E-state index contributed by atoms with van der Waals surface area (Å²) in [6.45, 7) is 4.97. The van der Waals surface area contributed by atoms with Crippen molar-refractivity contribution in [2.75, 3.05) is 6.54 Å². The Hall–Kier alpha value is -2.13. The fourth-order valence-electron chi connectivity index (χ4n) is 2.75. The van der Waals surface area contributed by atoms with E-state index in [1.807, 2.05) is 24.3 Å². The molecule has 3 aromatic rings. The molecule has 0 bridgehead atoms. The number of thiophene rings is 1. The molecule has 1 aromatic heterocycles. The largest absolute Gasteiger partial charge is 0.355 e. The Bertz CT molecular complexity index is 800. The first-order valence-corrected chi connectivity index (χ1v) is 8.76. The van der Waals surface area contributed by atoms with Crippen LogP contribution in [-0.2, 0) is 16.6 Å². The van der Waals surface area contributed by atoms with Gasteiger partial charge in [-0.05, 0) is 38.7 Å². The van der Waals surface area contributed by atoms with Crippen molar-refractivity contribution in [3.05, 3.63) is 70.4 Å². The number of benzene rings is 2. The summed E-state index contributed by atoms with van der Waals surface area (Å²) in [6, 6.07) is 16.5. The summed E-state index contributed by atoms with van der Waals surface area (Å²) in [4.78, 5) is 12.4.